The molecule has 2 rings (SSSR count). The SMILES string of the molecule is Cc1nc(Oc2ccc([N+](=O)[O-])c(C(=O)O)c2)ccc1Br. The molecule has 0 amide bonds. The van der Waals surface area contributed by atoms with Crippen molar-refractivity contribution in [1.82, 2.24) is 4.98 Å². The van der Waals surface area contributed by atoms with Crippen molar-refractivity contribution in [3.8, 4) is 11.6 Å². The van der Waals surface area contributed by atoms with Gasteiger partial charge in [-0.05, 0) is 35.0 Å². The Morgan fingerprint density at radius 1 is 1.38 bits per heavy atom. The highest BCUT2D eigenvalue weighted by Crippen LogP contribution is 2.28. The molecule has 0 fully saturated rings. The number of carboxylic acid groups (broad SMARTS) is 1. The van der Waals surface area contributed by atoms with Gasteiger partial charge in [-0.2, -0.15) is 0 Å². The van der Waals surface area contributed by atoms with Crippen LogP contribution in [0.5, 0.6) is 11.6 Å². The Bertz CT molecular complexity index is 732. The zero-order valence-corrected chi connectivity index (χ0v) is 12.3. The normalized spacial score (nSPS) is 10.2. The van der Waals surface area contributed by atoms with Gasteiger partial charge in [0.05, 0.1) is 10.6 Å². The Hall–Kier alpha value is -2.48. The first-order chi connectivity index (χ1) is 9.88. The van der Waals surface area contributed by atoms with Crippen LogP contribution in [0.3, 0.4) is 0 Å². The van der Waals surface area contributed by atoms with Crippen LogP contribution >= 0.6 is 15.9 Å². The van der Waals surface area contributed by atoms with Crippen molar-refractivity contribution < 1.29 is 19.6 Å². The highest BCUT2D eigenvalue weighted by Gasteiger charge is 2.20. The molecule has 21 heavy (non-hydrogen) atoms. The van der Waals surface area contributed by atoms with Crippen molar-refractivity contribution in [2.75, 3.05) is 0 Å². The number of aryl methyl sites for hydroxylation is 1. The lowest BCUT2D eigenvalue weighted by Crippen LogP contribution is -2.03. The minimum absolute atomic E-state index is 0.159. The second-order valence-corrected chi connectivity index (χ2v) is 4.91. The predicted molar refractivity (Wildman–Crippen MR) is 76.8 cm³/mol. The van der Waals surface area contributed by atoms with E-state index in [0.29, 0.717) is 5.69 Å². The molecule has 1 N–H and O–H groups in total. The molecule has 0 aliphatic heterocycles. The smallest absolute Gasteiger partial charge is 0.342 e. The van der Waals surface area contributed by atoms with E-state index >= 15 is 0 Å². The van der Waals surface area contributed by atoms with Crippen molar-refractivity contribution in [2.45, 2.75) is 6.92 Å². The third-order valence-electron chi connectivity index (χ3n) is 2.61. The van der Waals surface area contributed by atoms with E-state index in [4.69, 9.17) is 9.84 Å². The van der Waals surface area contributed by atoms with Gasteiger partial charge in [-0.3, -0.25) is 10.1 Å². The lowest BCUT2D eigenvalue weighted by molar-refractivity contribution is -0.385. The molecule has 0 saturated carbocycles. The highest BCUT2D eigenvalue weighted by atomic mass is 79.9. The number of hydrogen-bond acceptors (Lipinski definition) is 5. The summed E-state index contributed by atoms with van der Waals surface area (Å²) in [5, 5.41) is 19.8. The second kappa shape index (κ2) is 5.88. The van der Waals surface area contributed by atoms with E-state index in [-0.39, 0.29) is 11.6 Å². The molecule has 0 aliphatic rings. The Kier molecular flexibility index (Phi) is 4.18. The number of aromatic carboxylic acids is 1. The van der Waals surface area contributed by atoms with Gasteiger partial charge in [0.15, 0.2) is 0 Å². The summed E-state index contributed by atoms with van der Waals surface area (Å²) in [4.78, 5) is 25.2. The number of pyridine rings is 1. The Morgan fingerprint density at radius 2 is 2.10 bits per heavy atom. The summed E-state index contributed by atoms with van der Waals surface area (Å²) >= 11 is 3.30. The fraction of sp³-hybridized carbons (Fsp3) is 0.0769. The molecular weight excluding hydrogens is 344 g/mol. The lowest BCUT2D eigenvalue weighted by atomic mass is 10.1. The van der Waals surface area contributed by atoms with Crippen LogP contribution < -0.4 is 4.74 Å². The van der Waals surface area contributed by atoms with Gasteiger partial charge in [0.25, 0.3) is 5.69 Å². The second-order valence-electron chi connectivity index (χ2n) is 4.06. The molecule has 8 heteroatoms. The Morgan fingerprint density at radius 3 is 2.67 bits per heavy atom. The number of carboxylic acids is 1. The van der Waals surface area contributed by atoms with E-state index in [0.717, 1.165) is 16.6 Å². The minimum atomic E-state index is -1.40. The molecule has 0 saturated heterocycles. The van der Waals surface area contributed by atoms with Crippen molar-refractivity contribution in [1.29, 1.82) is 0 Å². The number of carbonyl (C=O) groups is 1. The highest BCUT2D eigenvalue weighted by molar-refractivity contribution is 9.10. The minimum Gasteiger partial charge on any atom is -0.477 e. The fourth-order valence-electron chi connectivity index (χ4n) is 1.61. The molecule has 7 nitrogen and oxygen atoms in total. The van der Waals surface area contributed by atoms with Crippen molar-refractivity contribution >= 4 is 27.6 Å². The van der Waals surface area contributed by atoms with Gasteiger partial charge < -0.3 is 9.84 Å². The predicted octanol–water partition coefficient (Wildman–Crippen LogP) is 3.55. The fourth-order valence-corrected chi connectivity index (χ4v) is 1.83. The largest absolute Gasteiger partial charge is 0.477 e. The number of nitrogens with zero attached hydrogens (tertiary/aromatic N) is 2. The van der Waals surface area contributed by atoms with Crippen molar-refractivity contribution in [3.05, 3.63) is 56.2 Å². The topological polar surface area (TPSA) is 103 Å². The Labute approximate surface area is 127 Å². The number of benzene rings is 1. The van der Waals surface area contributed by atoms with Gasteiger partial charge in [0.1, 0.15) is 11.3 Å². The maximum absolute atomic E-state index is 11.0. The van der Waals surface area contributed by atoms with Gasteiger partial charge >= 0.3 is 5.97 Å². The van der Waals surface area contributed by atoms with E-state index in [1.54, 1.807) is 19.1 Å². The first kappa shape index (κ1) is 14.9. The van der Waals surface area contributed by atoms with Gasteiger partial charge in [-0.25, -0.2) is 9.78 Å². The molecular formula is C13H9BrN2O5. The van der Waals surface area contributed by atoms with Crippen molar-refractivity contribution in [3.63, 3.8) is 0 Å². The number of nitro groups is 1. The van der Waals surface area contributed by atoms with E-state index in [9.17, 15) is 14.9 Å². The van der Waals surface area contributed by atoms with Crippen LogP contribution in [0, 0.1) is 17.0 Å². The van der Waals surface area contributed by atoms with Gasteiger partial charge in [0, 0.05) is 22.7 Å². The lowest BCUT2D eigenvalue weighted by Gasteiger charge is -2.07. The van der Waals surface area contributed by atoms with Gasteiger partial charge in [0.2, 0.25) is 5.88 Å². The third kappa shape index (κ3) is 3.34. The monoisotopic (exact) mass is 352 g/mol. The number of ether oxygens (including phenoxy) is 1. The summed E-state index contributed by atoms with van der Waals surface area (Å²) in [7, 11) is 0. The average molecular weight is 353 g/mol. The molecule has 2 aromatic rings. The van der Waals surface area contributed by atoms with Gasteiger partial charge in [-0.15, -0.1) is 0 Å². The van der Waals surface area contributed by atoms with E-state index in [2.05, 4.69) is 20.9 Å². The maximum Gasteiger partial charge on any atom is 0.342 e. The number of rotatable bonds is 4. The standard InChI is InChI=1S/C13H9BrN2O5/c1-7-10(14)3-5-12(15-7)21-8-2-4-11(16(19)20)9(6-8)13(17)18/h2-6H,1H3,(H,17,18). The molecule has 1 aromatic heterocycles. The number of halogens is 1. The average Bonchev–Trinajstić information content (AvgIpc) is 2.42. The molecule has 0 spiro atoms. The quantitative estimate of drug-likeness (QED) is 0.666. The molecule has 1 aromatic carbocycles. The zero-order valence-electron chi connectivity index (χ0n) is 10.7. The molecule has 108 valence electrons. The molecule has 0 unspecified atom stereocenters. The molecule has 0 radical (unpaired) electrons. The first-order valence-corrected chi connectivity index (χ1v) is 6.50. The summed E-state index contributed by atoms with van der Waals surface area (Å²) in [5.74, 6) is -0.972. The molecule has 0 bridgehead atoms. The van der Waals surface area contributed by atoms with E-state index in [1.807, 2.05) is 0 Å². The summed E-state index contributed by atoms with van der Waals surface area (Å²) in [6.07, 6.45) is 0. The Balaban J connectivity index is 2.36. The zero-order chi connectivity index (χ0) is 15.6. The summed E-state index contributed by atoms with van der Waals surface area (Å²) in [6, 6.07) is 6.84. The summed E-state index contributed by atoms with van der Waals surface area (Å²) in [6.45, 7) is 1.77. The molecule has 0 aliphatic carbocycles. The third-order valence-corrected chi connectivity index (χ3v) is 3.45. The molecule has 0 atom stereocenters. The van der Waals surface area contributed by atoms with Crippen LogP contribution in [0.15, 0.2) is 34.8 Å². The van der Waals surface area contributed by atoms with Crippen LogP contribution in [-0.4, -0.2) is 21.0 Å². The van der Waals surface area contributed by atoms with E-state index < -0.39 is 22.1 Å². The summed E-state index contributed by atoms with van der Waals surface area (Å²) in [5.41, 5.74) is -0.228. The summed E-state index contributed by atoms with van der Waals surface area (Å²) < 4.78 is 6.23. The van der Waals surface area contributed by atoms with Crippen molar-refractivity contribution in [2.24, 2.45) is 0 Å². The van der Waals surface area contributed by atoms with E-state index in [1.165, 1.54) is 6.07 Å². The van der Waals surface area contributed by atoms with Crippen LogP contribution in [-0.2, 0) is 0 Å². The van der Waals surface area contributed by atoms with Crippen LogP contribution in [0.1, 0.15) is 16.1 Å². The van der Waals surface area contributed by atoms with Crippen LogP contribution in [0.4, 0.5) is 5.69 Å². The van der Waals surface area contributed by atoms with Crippen LogP contribution in [0.2, 0.25) is 0 Å². The first-order valence-electron chi connectivity index (χ1n) is 5.71. The number of hydrogen-bond donors (Lipinski definition) is 1. The maximum atomic E-state index is 11.0. The van der Waals surface area contributed by atoms with Gasteiger partial charge in [-0.1, -0.05) is 0 Å². The number of nitro benzene ring substituents is 1. The number of aromatic nitrogens is 1. The molecule has 1 heterocycles. The van der Waals surface area contributed by atoms with Crippen LogP contribution in [0.25, 0.3) is 0 Å².